The highest BCUT2D eigenvalue weighted by Gasteiger charge is 2.25. The van der Waals surface area contributed by atoms with Crippen molar-refractivity contribution in [2.45, 2.75) is 31.3 Å². The minimum atomic E-state index is -0.186. The van der Waals surface area contributed by atoms with Crippen LogP contribution in [0.3, 0.4) is 0 Å². The van der Waals surface area contributed by atoms with E-state index in [4.69, 9.17) is 5.84 Å². The number of nitrogens with zero attached hydrogens (tertiary/aromatic N) is 4. The third kappa shape index (κ3) is 3.65. The number of hydrogen-bond donors (Lipinski definition) is 2. The zero-order valence-corrected chi connectivity index (χ0v) is 17.6. The number of nitrogens with one attached hydrogen (secondary N) is 1. The second kappa shape index (κ2) is 7.95. The second-order valence-corrected chi connectivity index (χ2v) is 9.65. The van der Waals surface area contributed by atoms with Gasteiger partial charge in [0.2, 0.25) is 11.1 Å². The number of rotatable bonds is 5. The molecule has 4 rings (SSSR count). The van der Waals surface area contributed by atoms with Crippen LogP contribution in [-0.4, -0.2) is 26.5 Å². The van der Waals surface area contributed by atoms with Crippen molar-refractivity contribution in [2.75, 3.05) is 16.9 Å². The number of nitrogens with two attached hydrogens (primary N) is 1. The molecule has 0 unspecified atom stereocenters. The minimum absolute atomic E-state index is 0.142. The normalized spacial score (nSPS) is 15.8. The van der Waals surface area contributed by atoms with E-state index < -0.39 is 0 Å². The number of anilines is 1. The van der Waals surface area contributed by atoms with Crippen LogP contribution in [0, 0.1) is 17.2 Å². The molecule has 10 heteroatoms. The van der Waals surface area contributed by atoms with Crippen molar-refractivity contribution in [3.05, 3.63) is 33.5 Å². The third-order valence-electron chi connectivity index (χ3n) is 4.61. The largest absolute Gasteiger partial charge is 0.335 e. The standard InChI is InChI=1S/C18H18N6OS3/c1-10-4-5-11-12(8-19)17(28-14(11)7-10)21-15(25)9-27-18-23-22-16(24(18)20)13-3-2-6-26-13/h2-3,6,10H,4-5,7,9,20H2,1H3,(H,21,25)/t10-/m1/s1. The van der Waals surface area contributed by atoms with Crippen LogP contribution in [0.1, 0.15) is 29.3 Å². The molecule has 28 heavy (non-hydrogen) atoms. The molecule has 144 valence electrons. The van der Waals surface area contributed by atoms with Crippen molar-refractivity contribution in [3.63, 3.8) is 0 Å². The first-order valence-electron chi connectivity index (χ1n) is 8.78. The van der Waals surface area contributed by atoms with E-state index in [-0.39, 0.29) is 11.7 Å². The summed E-state index contributed by atoms with van der Waals surface area (Å²) in [6, 6.07) is 6.11. The predicted octanol–water partition coefficient (Wildman–Crippen LogP) is 3.51. The van der Waals surface area contributed by atoms with Gasteiger partial charge in [0.05, 0.1) is 16.2 Å². The fourth-order valence-corrected chi connectivity index (χ4v) is 5.94. The molecule has 0 bridgehead atoms. The zero-order valence-electron chi connectivity index (χ0n) is 15.1. The SMILES string of the molecule is C[C@@H]1CCc2c(sc(NC(=O)CSc3nnc(-c4cccs4)n3N)c2C#N)C1. The van der Waals surface area contributed by atoms with E-state index in [2.05, 4.69) is 28.5 Å². The monoisotopic (exact) mass is 430 g/mol. The van der Waals surface area contributed by atoms with Gasteiger partial charge >= 0.3 is 0 Å². The molecule has 0 saturated heterocycles. The molecule has 3 aromatic heterocycles. The lowest BCUT2D eigenvalue weighted by Gasteiger charge is -2.17. The summed E-state index contributed by atoms with van der Waals surface area (Å²) in [6.45, 7) is 2.22. The van der Waals surface area contributed by atoms with Gasteiger partial charge in [-0.15, -0.1) is 32.9 Å². The number of hydrogen-bond acceptors (Lipinski definition) is 8. The first-order chi connectivity index (χ1) is 13.6. The Hall–Kier alpha value is -2.35. The molecule has 1 aliphatic rings. The molecule has 1 aliphatic carbocycles. The molecule has 0 spiro atoms. The lowest BCUT2D eigenvalue weighted by molar-refractivity contribution is -0.113. The highest BCUT2D eigenvalue weighted by atomic mass is 32.2. The number of nitrogen functional groups attached to an aromatic ring is 1. The Morgan fingerprint density at radius 1 is 1.54 bits per heavy atom. The average Bonchev–Trinajstić information content (AvgIpc) is 3.38. The topological polar surface area (TPSA) is 110 Å². The summed E-state index contributed by atoms with van der Waals surface area (Å²) in [7, 11) is 0. The molecule has 3 N–H and O–H groups in total. The van der Waals surface area contributed by atoms with Gasteiger partial charge in [0.15, 0.2) is 5.82 Å². The molecule has 3 aromatic rings. The van der Waals surface area contributed by atoms with Crippen LogP contribution in [0.4, 0.5) is 5.00 Å². The van der Waals surface area contributed by atoms with Gasteiger partial charge in [-0.25, -0.2) is 4.68 Å². The van der Waals surface area contributed by atoms with Gasteiger partial charge < -0.3 is 11.2 Å². The smallest absolute Gasteiger partial charge is 0.235 e. The summed E-state index contributed by atoms with van der Waals surface area (Å²) < 4.78 is 1.40. The molecule has 1 amide bonds. The maximum absolute atomic E-state index is 12.4. The molecule has 0 aromatic carbocycles. The summed E-state index contributed by atoms with van der Waals surface area (Å²) in [5.74, 6) is 7.21. The van der Waals surface area contributed by atoms with E-state index in [1.807, 2.05) is 17.5 Å². The Balaban J connectivity index is 1.43. The van der Waals surface area contributed by atoms with Crippen molar-refractivity contribution in [1.29, 1.82) is 5.26 Å². The molecule has 3 heterocycles. The quantitative estimate of drug-likeness (QED) is 0.473. The van der Waals surface area contributed by atoms with Gasteiger partial charge in [-0.3, -0.25) is 4.79 Å². The summed E-state index contributed by atoms with van der Waals surface area (Å²) in [4.78, 5) is 14.6. The Morgan fingerprint density at radius 2 is 2.39 bits per heavy atom. The summed E-state index contributed by atoms with van der Waals surface area (Å²) in [5, 5.41) is 23.7. The van der Waals surface area contributed by atoms with Crippen LogP contribution in [0.5, 0.6) is 0 Å². The summed E-state index contributed by atoms with van der Waals surface area (Å²) in [6.07, 6.45) is 2.96. The van der Waals surface area contributed by atoms with Crippen LogP contribution >= 0.6 is 34.4 Å². The fraction of sp³-hybridized carbons (Fsp3) is 0.333. The molecular formula is C18H18N6OS3. The van der Waals surface area contributed by atoms with Gasteiger partial charge in [-0.1, -0.05) is 24.8 Å². The van der Waals surface area contributed by atoms with Crippen molar-refractivity contribution >= 4 is 45.3 Å². The first kappa shape index (κ1) is 19.0. The van der Waals surface area contributed by atoms with Crippen molar-refractivity contribution < 1.29 is 4.79 Å². The van der Waals surface area contributed by atoms with E-state index in [1.165, 1.54) is 44.0 Å². The fourth-order valence-electron chi connectivity index (χ4n) is 3.20. The van der Waals surface area contributed by atoms with Crippen molar-refractivity contribution in [2.24, 2.45) is 5.92 Å². The predicted molar refractivity (Wildman–Crippen MR) is 113 cm³/mol. The lowest BCUT2D eigenvalue weighted by atomic mass is 9.89. The molecule has 0 aliphatic heterocycles. The van der Waals surface area contributed by atoms with E-state index >= 15 is 0 Å². The van der Waals surface area contributed by atoms with Gasteiger partial charge in [0.1, 0.15) is 11.1 Å². The zero-order chi connectivity index (χ0) is 19.7. The first-order valence-corrected chi connectivity index (χ1v) is 11.5. The maximum atomic E-state index is 12.4. The maximum Gasteiger partial charge on any atom is 0.235 e. The Labute approximate surface area is 174 Å². The molecule has 1 atom stereocenters. The summed E-state index contributed by atoms with van der Waals surface area (Å²) in [5.41, 5.74) is 1.73. The second-order valence-electron chi connectivity index (χ2n) is 6.66. The van der Waals surface area contributed by atoms with Crippen LogP contribution < -0.4 is 11.2 Å². The molecular weight excluding hydrogens is 412 g/mol. The van der Waals surface area contributed by atoms with Crippen LogP contribution in [0.25, 0.3) is 10.7 Å². The number of carbonyl (C=O) groups excluding carboxylic acids is 1. The van der Waals surface area contributed by atoms with Crippen molar-refractivity contribution in [3.8, 4) is 16.8 Å². The molecule has 0 radical (unpaired) electrons. The summed E-state index contributed by atoms with van der Waals surface area (Å²) >= 11 is 4.27. The highest BCUT2D eigenvalue weighted by Crippen LogP contribution is 2.39. The third-order valence-corrected chi connectivity index (χ3v) is 7.59. The minimum Gasteiger partial charge on any atom is -0.335 e. The van der Waals surface area contributed by atoms with Gasteiger partial charge in [0.25, 0.3) is 0 Å². The van der Waals surface area contributed by atoms with E-state index in [0.29, 0.717) is 27.5 Å². The van der Waals surface area contributed by atoms with Gasteiger partial charge in [0, 0.05) is 4.88 Å². The molecule has 0 saturated carbocycles. The number of thiophene rings is 2. The number of amides is 1. The highest BCUT2D eigenvalue weighted by molar-refractivity contribution is 7.99. The van der Waals surface area contributed by atoms with E-state index in [0.717, 1.165) is 29.7 Å². The Bertz CT molecular complexity index is 1050. The van der Waals surface area contributed by atoms with E-state index in [9.17, 15) is 10.1 Å². The van der Waals surface area contributed by atoms with Crippen LogP contribution in [0.2, 0.25) is 0 Å². The Morgan fingerprint density at radius 3 is 3.14 bits per heavy atom. The number of aromatic nitrogens is 3. The number of fused-ring (bicyclic) bond motifs is 1. The number of thioether (sulfide) groups is 1. The number of nitriles is 1. The van der Waals surface area contributed by atoms with Crippen LogP contribution in [0.15, 0.2) is 22.7 Å². The molecule has 0 fully saturated rings. The van der Waals surface area contributed by atoms with Crippen molar-refractivity contribution in [1.82, 2.24) is 14.9 Å². The van der Waals surface area contributed by atoms with Gasteiger partial charge in [-0.05, 0) is 42.2 Å². The average molecular weight is 431 g/mol. The number of carbonyl (C=O) groups is 1. The lowest BCUT2D eigenvalue weighted by Crippen LogP contribution is -2.16. The van der Waals surface area contributed by atoms with Crippen LogP contribution in [-0.2, 0) is 17.6 Å². The van der Waals surface area contributed by atoms with E-state index in [1.54, 1.807) is 0 Å². The Kier molecular flexibility index (Phi) is 5.39. The van der Waals surface area contributed by atoms with Gasteiger partial charge in [-0.2, -0.15) is 5.26 Å². The molecule has 7 nitrogen and oxygen atoms in total.